The van der Waals surface area contributed by atoms with Gasteiger partial charge in [0.25, 0.3) is 0 Å². The highest BCUT2D eigenvalue weighted by molar-refractivity contribution is 7.84. The number of hydrogen-bond acceptors (Lipinski definition) is 6. The van der Waals surface area contributed by atoms with Gasteiger partial charge < -0.3 is 15.3 Å². The van der Waals surface area contributed by atoms with Crippen LogP contribution in [0.1, 0.15) is 13.3 Å². The molecule has 0 saturated carbocycles. The van der Waals surface area contributed by atoms with Gasteiger partial charge in [-0.2, -0.15) is 13.1 Å². The molecule has 0 atom stereocenters. The number of aliphatic hydroxyl groups is 3. The van der Waals surface area contributed by atoms with Crippen molar-refractivity contribution in [2.75, 3.05) is 26.4 Å². The van der Waals surface area contributed by atoms with Crippen LogP contribution in [0.25, 0.3) is 0 Å². The van der Waals surface area contributed by atoms with Gasteiger partial charge in [-0.15, -0.1) is 0 Å². The quantitative estimate of drug-likeness (QED) is 0.390. The predicted molar refractivity (Wildman–Crippen MR) is 52.3 cm³/mol. The van der Waals surface area contributed by atoms with E-state index in [1.807, 2.05) is 4.72 Å². The lowest BCUT2D eigenvalue weighted by Crippen LogP contribution is -2.57. The second-order valence-corrected chi connectivity index (χ2v) is 4.48. The summed E-state index contributed by atoms with van der Waals surface area (Å²) in [5.41, 5.74) is -1.69. The van der Waals surface area contributed by atoms with E-state index < -0.39 is 35.7 Å². The minimum Gasteiger partial charge on any atom is -0.394 e. The minimum atomic E-state index is -4.07. The highest BCUT2D eigenvalue weighted by Crippen LogP contribution is 2.05. The van der Waals surface area contributed by atoms with Crippen LogP contribution >= 0.6 is 0 Å². The van der Waals surface area contributed by atoms with E-state index in [9.17, 15) is 8.42 Å². The second-order valence-electron chi connectivity index (χ2n) is 3.13. The van der Waals surface area contributed by atoms with Crippen molar-refractivity contribution in [1.82, 2.24) is 4.72 Å². The lowest BCUT2D eigenvalue weighted by molar-refractivity contribution is 0.0553. The van der Waals surface area contributed by atoms with Gasteiger partial charge >= 0.3 is 10.3 Å². The van der Waals surface area contributed by atoms with Crippen LogP contribution in [0.5, 0.6) is 0 Å². The van der Waals surface area contributed by atoms with E-state index >= 15 is 0 Å². The lowest BCUT2D eigenvalue weighted by Gasteiger charge is -2.27. The van der Waals surface area contributed by atoms with E-state index in [0.717, 1.165) is 0 Å². The molecule has 0 aliphatic heterocycles. The maximum atomic E-state index is 11.2. The van der Waals surface area contributed by atoms with E-state index in [1.165, 1.54) is 0 Å². The average Bonchev–Trinajstić information content (AvgIpc) is 2.23. The molecule has 0 unspecified atom stereocenters. The first-order valence-electron chi connectivity index (χ1n) is 4.46. The van der Waals surface area contributed by atoms with E-state index in [-0.39, 0.29) is 6.61 Å². The average molecular weight is 243 g/mol. The van der Waals surface area contributed by atoms with Crippen LogP contribution in [0.4, 0.5) is 0 Å². The fourth-order valence-corrected chi connectivity index (χ4v) is 1.90. The van der Waals surface area contributed by atoms with E-state index in [4.69, 9.17) is 15.3 Å². The summed E-state index contributed by atoms with van der Waals surface area (Å²) in [6.45, 7) is -0.460. The third-order valence-electron chi connectivity index (χ3n) is 1.69. The topological polar surface area (TPSA) is 116 Å². The molecule has 0 amide bonds. The first-order chi connectivity index (χ1) is 6.95. The Morgan fingerprint density at radius 2 is 1.67 bits per heavy atom. The second kappa shape index (κ2) is 6.36. The van der Waals surface area contributed by atoms with Crippen molar-refractivity contribution in [3.05, 3.63) is 0 Å². The van der Waals surface area contributed by atoms with Gasteiger partial charge in [-0.05, 0) is 6.42 Å². The Bertz CT molecular complexity index is 252. The Hall–Kier alpha value is -0.250. The molecule has 0 saturated heterocycles. The molecule has 0 fully saturated rings. The molecule has 15 heavy (non-hydrogen) atoms. The van der Waals surface area contributed by atoms with Gasteiger partial charge in [-0.25, -0.2) is 0 Å². The van der Waals surface area contributed by atoms with Crippen molar-refractivity contribution in [3.63, 3.8) is 0 Å². The van der Waals surface area contributed by atoms with Gasteiger partial charge in [-0.1, -0.05) is 6.92 Å². The van der Waals surface area contributed by atoms with Gasteiger partial charge in [-0.3, -0.25) is 4.18 Å². The smallest absolute Gasteiger partial charge is 0.336 e. The third kappa shape index (κ3) is 4.87. The molecule has 8 heteroatoms. The molecular formula is C7H17NO6S. The predicted octanol–water partition coefficient (Wildman–Crippen LogP) is -2.04. The molecule has 0 bridgehead atoms. The maximum Gasteiger partial charge on any atom is 0.336 e. The summed E-state index contributed by atoms with van der Waals surface area (Å²) in [5, 5.41) is 26.6. The molecule has 0 rings (SSSR count). The van der Waals surface area contributed by atoms with Gasteiger partial charge in [0.15, 0.2) is 0 Å². The molecule has 0 aromatic heterocycles. The van der Waals surface area contributed by atoms with Crippen molar-refractivity contribution in [2.24, 2.45) is 0 Å². The summed E-state index contributed by atoms with van der Waals surface area (Å²) in [4.78, 5) is 0. The van der Waals surface area contributed by atoms with Crippen molar-refractivity contribution >= 4 is 10.3 Å². The van der Waals surface area contributed by atoms with Crippen molar-refractivity contribution in [2.45, 2.75) is 18.9 Å². The first kappa shape index (κ1) is 14.8. The zero-order valence-electron chi connectivity index (χ0n) is 8.51. The van der Waals surface area contributed by atoms with Gasteiger partial charge in [0.2, 0.25) is 0 Å². The molecule has 0 radical (unpaired) electrons. The molecule has 0 aliphatic rings. The van der Waals surface area contributed by atoms with Crippen molar-refractivity contribution in [3.8, 4) is 0 Å². The number of nitrogens with one attached hydrogen (secondary N) is 1. The van der Waals surface area contributed by atoms with Crippen LogP contribution < -0.4 is 4.72 Å². The van der Waals surface area contributed by atoms with Crippen molar-refractivity contribution < 1.29 is 27.9 Å². The van der Waals surface area contributed by atoms with Gasteiger partial charge in [0, 0.05) is 0 Å². The van der Waals surface area contributed by atoms with Gasteiger partial charge in [0.05, 0.1) is 26.4 Å². The molecule has 0 heterocycles. The number of rotatable bonds is 8. The van der Waals surface area contributed by atoms with E-state index in [2.05, 4.69) is 4.18 Å². The van der Waals surface area contributed by atoms with Crippen LogP contribution in [-0.2, 0) is 14.5 Å². The molecule has 0 spiro atoms. The first-order valence-corrected chi connectivity index (χ1v) is 5.87. The fourth-order valence-electron chi connectivity index (χ4n) is 0.734. The highest BCUT2D eigenvalue weighted by Gasteiger charge is 2.33. The monoisotopic (exact) mass is 243 g/mol. The Balaban J connectivity index is 4.52. The van der Waals surface area contributed by atoms with Crippen LogP contribution in [0.15, 0.2) is 0 Å². The van der Waals surface area contributed by atoms with E-state index in [0.29, 0.717) is 6.42 Å². The maximum absolute atomic E-state index is 11.2. The highest BCUT2D eigenvalue weighted by atomic mass is 32.2. The normalized spacial score (nSPS) is 13.1. The van der Waals surface area contributed by atoms with Crippen LogP contribution in [-0.4, -0.2) is 55.7 Å². The lowest BCUT2D eigenvalue weighted by atomic mass is 10.1. The fraction of sp³-hybridized carbons (Fsp3) is 1.00. The van der Waals surface area contributed by atoms with E-state index in [1.54, 1.807) is 6.92 Å². The number of hydrogen-bond donors (Lipinski definition) is 4. The summed E-state index contributed by atoms with van der Waals surface area (Å²) in [5.74, 6) is 0. The summed E-state index contributed by atoms with van der Waals surface area (Å²) in [6, 6.07) is 0. The summed E-state index contributed by atoms with van der Waals surface area (Å²) < 4.78 is 28.8. The summed E-state index contributed by atoms with van der Waals surface area (Å²) in [7, 11) is -4.07. The SMILES string of the molecule is CCCOS(=O)(=O)NC(CO)(CO)CO. The summed E-state index contributed by atoms with van der Waals surface area (Å²) >= 11 is 0. The van der Waals surface area contributed by atoms with Crippen LogP contribution in [0, 0.1) is 0 Å². The zero-order valence-corrected chi connectivity index (χ0v) is 9.33. The Kier molecular flexibility index (Phi) is 6.25. The summed E-state index contributed by atoms with van der Waals surface area (Å²) in [6.07, 6.45) is 0.505. The Labute approximate surface area is 88.9 Å². The molecule has 7 nitrogen and oxygen atoms in total. The molecule has 92 valence electrons. The molecular weight excluding hydrogens is 226 g/mol. The third-order valence-corrected chi connectivity index (χ3v) is 2.85. The van der Waals surface area contributed by atoms with Gasteiger partial charge in [0.1, 0.15) is 5.54 Å². The zero-order chi connectivity index (χ0) is 11.9. The van der Waals surface area contributed by atoms with Crippen molar-refractivity contribution in [1.29, 1.82) is 0 Å². The molecule has 0 aromatic carbocycles. The molecule has 4 N–H and O–H groups in total. The minimum absolute atomic E-state index is 0.00625. The Morgan fingerprint density at radius 1 is 1.20 bits per heavy atom. The Morgan fingerprint density at radius 3 is 2.00 bits per heavy atom. The number of aliphatic hydroxyl groups excluding tert-OH is 3. The van der Waals surface area contributed by atoms with Crippen LogP contribution in [0.3, 0.4) is 0 Å². The largest absolute Gasteiger partial charge is 0.394 e. The molecule has 0 aromatic rings. The van der Waals surface area contributed by atoms with Crippen LogP contribution in [0.2, 0.25) is 0 Å². The standard InChI is InChI=1S/C7H17NO6S/c1-2-3-14-15(12,13)8-7(4-9,5-10)6-11/h8-11H,2-6H2,1H3. The molecule has 0 aliphatic carbocycles.